The Balaban J connectivity index is 2.27. The van der Waals surface area contributed by atoms with Crippen molar-refractivity contribution in [2.45, 2.75) is 53.1 Å². The van der Waals surface area contributed by atoms with Gasteiger partial charge in [-0.3, -0.25) is 0 Å². The van der Waals surface area contributed by atoms with E-state index in [0.29, 0.717) is 12.0 Å². The molecule has 0 saturated heterocycles. The third-order valence-electron chi connectivity index (χ3n) is 3.30. The van der Waals surface area contributed by atoms with Gasteiger partial charge in [-0.15, -0.1) is 0 Å². The number of hydrogen-bond donors (Lipinski definition) is 2. The zero-order chi connectivity index (χ0) is 14.3. The molecule has 0 amide bonds. The van der Waals surface area contributed by atoms with Crippen LogP contribution in [-0.2, 0) is 6.54 Å². The molecule has 0 fully saturated rings. The topological polar surface area (TPSA) is 24.1 Å². The molecular formula is C17H30N2. The Hall–Kier alpha value is -0.860. The molecule has 0 radical (unpaired) electrons. The zero-order valence-electron chi connectivity index (χ0n) is 13.2. The second kappa shape index (κ2) is 8.34. The molecule has 2 heteroatoms. The second-order valence-corrected chi connectivity index (χ2v) is 6.23. The van der Waals surface area contributed by atoms with E-state index >= 15 is 0 Å². The van der Waals surface area contributed by atoms with Gasteiger partial charge in [0.05, 0.1) is 0 Å². The number of hydrogen-bond acceptors (Lipinski definition) is 2. The van der Waals surface area contributed by atoms with Crippen LogP contribution in [0, 0.1) is 5.92 Å². The summed E-state index contributed by atoms with van der Waals surface area (Å²) in [5, 5.41) is 7.04. The third-order valence-corrected chi connectivity index (χ3v) is 3.30. The predicted octanol–water partition coefficient (Wildman–Crippen LogP) is 3.53. The van der Waals surface area contributed by atoms with Crippen molar-refractivity contribution < 1.29 is 0 Å². The summed E-state index contributed by atoms with van der Waals surface area (Å²) in [7, 11) is 0. The van der Waals surface area contributed by atoms with Crippen molar-refractivity contribution >= 4 is 0 Å². The van der Waals surface area contributed by atoms with Gasteiger partial charge < -0.3 is 10.6 Å². The average molecular weight is 262 g/mol. The van der Waals surface area contributed by atoms with Gasteiger partial charge in [0.2, 0.25) is 0 Å². The van der Waals surface area contributed by atoms with E-state index in [1.165, 1.54) is 11.1 Å². The molecular weight excluding hydrogens is 232 g/mol. The fourth-order valence-corrected chi connectivity index (χ4v) is 1.97. The van der Waals surface area contributed by atoms with Crippen molar-refractivity contribution in [1.82, 2.24) is 10.6 Å². The van der Waals surface area contributed by atoms with Gasteiger partial charge in [-0.2, -0.15) is 0 Å². The number of rotatable bonds is 8. The van der Waals surface area contributed by atoms with Crippen molar-refractivity contribution in [3.63, 3.8) is 0 Å². The van der Waals surface area contributed by atoms with Gasteiger partial charge in [-0.1, -0.05) is 52.0 Å². The quantitative estimate of drug-likeness (QED) is 0.749. The first-order valence-corrected chi connectivity index (χ1v) is 7.52. The van der Waals surface area contributed by atoms with Crippen molar-refractivity contribution in [2.24, 2.45) is 5.92 Å². The molecule has 2 nitrogen and oxygen atoms in total. The smallest absolute Gasteiger partial charge is 0.0208 e. The maximum absolute atomic E-state index is 3.56. The zero-order valence-corrected chi connectivity index (χ0v) is 13.2. The first kappa shape index (κ1) is 16.2. The van der Waals surface area contributed by atoms with Crippen LogP contribution < -0.4 is 10.6 Å². The summed E-state index contributed by atoms with van der Waals surface area (Å²) in [6, 6.07) is 9.45. The molecule has 0 saturated carbocycles. The Morgan fingerprint density at radius 3 is 2.05 bits per heavy atom. The summed E-state index contributed by atoms with van der Waals surface area (Å²) >= 11 is 0. The summed E-state index contributed by atoms with van der Waals surface area (Å²) in [5.74, 6) is 1.33. The van der Waals surface area contributed by atoms with Crippen LogP contribution in [0.2, 0.25) is 0 Å². The predicted molar refractivity (Wildman–Crippen MR) is 84.5 cm³/mol. The Kier molecular flexibility index (Phi) is 7.11. The molecule has 0 spiro atoms. The SMILES string of the molecule is CC(C)CNCC(C)NCc1ccc(C(C)C)cc1. The highest BCUT2D eigenvalue weighted by atomic mass is 15.0. The highest BCUT2D eigenvalue weighted by molar-refractivity contribution is 5.24. The Labute approximate surface area is 119 Å². The molecule has 0 bridgehead atoms. The van der Waals surface area contributed by atoms with Crippen LogP contribution in [0.5, 0.6) is 0 Å². The molecule has 1 atom stereocenters. The van der Waals surface area contributed by atoms with E-state index in [1.807, 2.05) is 0 Å². The average Bonchev–Trinajstić information content (AvgIpc) is 2.36. The molecule has 108 valence electrons. The van der Waals surface area contributed by atoms with Gasteiger partial charge in [0.25, 0.3) is 0 Å². The lowest BCUT2D eigenvalue weighted by Gasteiger charge is -2.16. The van der Waals surface area contributed by atoms with E-state index in [9.17, 15) is 0 Å². The van der Waals surface area contributed by atoms with Crippen LogP contribution in [0.4, 0.5) is 0 Å². The van der Waals surface area contributed by atoms with E-state index < -0.39 is 0 Å². The first-order chi connectivity index (χ1) is 8.99. The van der Waals surface area contributed by atoms with Crippen LogP contribution in [-0.4, -0.2) is 19.1 Å². The van der Waals surface area contributed by atoms with E-state index in [2.05, 4.69) is 69.5 Å². The van der Waals surface area contributed by atoms with Gasteiger partial charge in [-0.25, -0.2) is 0 Å². The summed E-state index contributed by atoms with van der Waals surface area (Å²) in [6.45, 7) is 14.2. The van der Waals surface area contributed by atoms with Crippen LogP contribution in [0.3, 0.4) is 0 Å². The van der Waals surface area contributed by atoms with Crippen LogP contribution in [0.15, 0.2) is 24.3 Å². The van der Waals surface area contributed by atoms with E-state index in [0.717, 1.165) is 25.6 Å². The molecule has 0 aromatic heterocycles. The summed E-state index contributed by atoms with van der Waals surface area (Å²) in [6.07, 6.45) is 0. The van der Waals surface area contributed by atoms with Gasteiger partial charge in [-0.05, 0) is 36.4 Å². The minimum absolute atomic E-state index is 0.503. The molecule has 1 aromatic rings. The van der Waals surface area contributed by atoms with E-state index in [-0.39, 0.29) is 0 Å². The van der Waals surface area contributed by atoms with Gasteiger partial charge in [0.15, 0.2) is 0 Å². The number of benzene rings is 1. The largest absolute Gasteiger partial charge is 0.315 e. The molecule has 19 heavy (non-hydrogen) atoms. The molecule has 1 aromatic carbocycles. The minimum Gasteiger partial charge on any atom is -0.315 e. The lowest BCUT2D eigenvalue weighted by Crippen LogP contribution is -2.37. The monoisotopic (exact) mass is 262 g/mol. The van der Waals surface area contributed by atoms with Crippen molar-refractivity contribution in [3.8, 4) is 0 Å². The van der Waals surface area contributed by atoms with Gasteiger partial charge in [0, 0.05) is 19.1 Å². The standard InChI is InChI=1S/C17H30N2/c1-13(2)10-18-11-15(5)19-12-16-6-8-17(9-7-16)14(3)4/h6-9,13-15,18-19H,10-12H2,1-5H3. The van der Waals surface area contributed by atoms with Crippen LogP contribution in [0.25, 0.3) is 0 Å². The fourth-order valence-electron chi connectivity index (χ4n) is 1.97. The molecule has 0 aliphatic heterocycles. The van der Waals surface area contributed by atoms with E-state index in [4.69, 9.17) is 0 Å². The normalized spacial score (nSPS) is 13.2. The second-order valence-electron chi connectivity index (χ2n) is 6.23. The molecule has 0 aliphatic rings. The highest BCUT2D eigenvalue weighted by Gasteiger charge is 2.03. The van der Waals surface area contributed by atoms with Gasteiger partial charge >= 0.3 is 0 Å². The maximum atomic E-state index is 3.56. The summed E-state index contributed by atoms with van der Waals surface area (Å²) in [5.41, 5.74) is 2.77. The van der Waals surface area contributed by atoms with Crippen molar-refractivity contribution in [1.29, 1.82) is 0 Å². The van der Waals surface area contributed by atoms with E-state index in [1.54, 1.807) is 0 Å². The van der Waals surface area contributed by atoms with Crippen molar-refractivity contribution in [3.05, 3.63) is 35.4 Å². The van der Waals surface area contributed by atoms with Crippen LogP contribution in [0.1, 0.15) is 51.7 Å². The summed E-state index contributed by atoms with van der Waals surface area (Å²) in [4.78, 5) is 0. The number of nitrogens with one attached hydrogen (secondary N) is 2. The highest BCUT2D eigenvalue weighted by Crippen LogP contribution is 2.14. The van der Waals surface area contributed by atoms with Gasteiger partial charge in [0.1, 0.15) is 0 Å². The Morgan fingerprint density at radius 1 is 0.895 bits per heavy atom. The lowest BCUT2D eigenvalue weighted by molar-refractivity contribution is 0.472. The molecule has 1 rings (SSSR count). The fraction of sp³-hybridized carbons (Fsp3) is 0.647. The molecule has 1 unspecified atom stereocenters. The molecule has 0 aliphatic carbocycles. The lowest BCUT2D eigenvalue weighted by atomic mass is 10.0. The van der Waals surface area contributed by atoms with Crippen molar-refractivity contribution in [2.75, 3.05) is 13.1 Å². The van der Waals surface area contributed by atoms with Crippen LogP contribution >= 0.6 is 0 Å². The minimum atomic E-state index is 0.503. The summed E-state index contributed by atoms with van der Waals surface area (Å²) < 4.78 is 0. The molecule has 2 N–H and O–H groups in total. The maximum Gasteiger partial charge on any atom is 0.0208 e. The third kappa shape index (κ3) is 6.74. The first-order valence-electron chi connectivity index (χ1n) is 7.52. The molecule has 0 heterocycles. The Morgan fingerprint density at radius 2 is 1.53 bits per heavy atom. The Bertz CT molecular complexity index is 341.